The lowest BCUT2D eigenvalue weighted by molar-refractivity contribution is -0.115. The third-order valence-electron chi connectivity index (χ3n) is 3.57. The van der Waals surface area contributed by atoms with Crippen LogP contribution in [0.1, 0.15) is 11.1 Å². The summed E-state index contributed by atoms with van der Waals surface area (Å²) < 4.78 is 23.5. The van der Waals surface area contributed by atoms with Crippen LogP contribution in [-0.2, 0) is 4.79 Å². The van der Waals surface area contributed by atoms with E-state index >= 15 is 0 Å². The molecule has 0 aromatic heterocycles. The number of hydrogen-bond donors (Lipinski definition) is 1. The van der Waals surface area contributed by atoms with Crippen LogP contribution in [0.3, 0.4) is 0 Å². The Morgan fingerprint density at radius 3 is 2.69 bits per heavy atom. The summed E-state index contributed by atoms with van der Waals surface area (Å²) in [5, 5.41) is 11.0. The van der Waals surface area contributed by atoms with Crippen LogP contribution in [0.25, 0.3) is 6.08 Å². The number of nitrogens with zero attached hydrogens (tertiary/aromatic N) is 2. The number of rotatable bonds is 3. The van der Waals surface area contributed by atoms with Gasteiger partial charge in [0.05, 0.1) is 11.1 Å². The second kappa shape index (κ2) is 7.01. The van der Waals surface area contributed by atoms with E-state index in [0.29, 0.717) is 21.6 Å². The number of thioether (sulfide) groups is 1. The largest absolute Gasteiger partial charge is 0.454 e. The zero-order chi connectivity index (χ0) is 17.9. The van der Waals surface area contributed by atoms with Gasteiger partial charge in [-0.15, -0.1) is 5.10 Å². The first-order valence-corrected chi connectivity index (χ1v) is 8.46. The molecule has 2 aliphatic heterocycles. The van der Waals surface area contributed by atoms with Gasteiger partial charge in [0.15, 0.2) is 16.7 Å². The lowest BCUT2D eigenvalue weighted by atomic mass is 10.2. The van der Waals surface area contributed by atoms with Gasteiger partial charge < -0.3 is 9.47 Å². The highest BCUT2D eigenvalue weighted by Gasteiger charge is 2.23. The van der Waals surface area contributed by atoms with Crippen LogP contribution >= 0.6 is 11.8 Å². The summed E-state index contributed by atoms with van der Waals surface area (Å²) in [5.74, 6) is 0.768. The predicted molar refractivity (Wildman–Crippen MR) is 97.7 cm³/mol. The molecule has 8 heteroatoms. The number of fused-ring (bicyclic) bond motifs is 1. The highest BCUT2D eigenvalue weighted by atomic mass is 32.2. The van der Waals surface area contributed by atoms with Crippen LogP contribution in [-0.4, -0.2) is 24.1 Å². The molecule has 1 N–H and O–H groups in total. The van der Waals surface area contributed by atoms with E-state index < -0.39 is 0 Å². The summed E-state index contributed by atoms with van der Waals surface area (Å²) >= 11 is 1.17. The zero-order valence-corrected chi connectivity index (χ0v) is 14.1. The second-order valence-corrected chi connectivity index (χ2v) is 6.41. The summed E-state index contributed by atoms with van der Waals surface area (Å²) in [5.41, 5.74) is 1.53. The molecule has 0 radical (unpaired) electrons. The molecular formula is C18H12FN3O3S. The lowest BCUT2D eigenvalue weighted by Gasteiger charge is -1.96. The number of amides is 1. The molecular weight excluding hydrogens is 357 g/mol. The van der Waals surface area contributed by atoms with E-state index in [1.54, 1.807) is 36.6 Å². The van der Waals surface area contributed by atoms with Gasteiger partial charge >= 0.3 is 0 Å². The smallest absolute Gasteiger partial charge is 0.264 e. The SMILES string of the molecule is O=C1N/C(=N\N=C/c2ccc3c(c2)OCO3)S/C1=C/c1ccc(F)cc1. The molecule has 2 aromatic carbocycles. The van der Waals surface area contributed by atoms with E-state index in [2.05, 4.69) is 15.5 Å². The number of halogens is 1. The molecule has 2 aliphatic rings. The van der Waals surface area contributed by atoms with Gasteiger partial charge in [0.2, 0.25) is 6.79 Å². The van der Waals surface area contributed by atoms with E-state index in [4.69, 9.17) is 9.47 Å². The molecule has 130 valence electrons. The Bertz CT molecular complexity index is 955. The summed E-state index contributed by atoms with van der Waals surface area (Å²) in [6, 6.07) is 11.3. The maximum atomic E-state index is 12.9. The van der Waals surface area contributed by atoms with Crippen molar-refractivity contribution in [2.45, 2.75) is 0 Å². The van der Waals surface area contributed by atoms with Gasteiger partial charge in [-0.25, -0.2) is 4.39 Å². The Balaban J connectivity index is 1.45. The fourth-order valence-corrected chi connectivity index (χ4v) is 3.11. The molecule has 0 saturated carbocycles. The van der Waals surface area contributed by atoms with Crippen molar-refractivity contribution in [3.8, 4) is 11.5 Å². The van der Waals surface area contributed by atoms with Crippen molar-refractivity contribution < 1.29 is 18.7 Å². The number of nitrogens with one attached hydrogen (secondary N) is 1. The number of carbonyl (C=O) groups is 1. The molecule has 4 rings (SSSR count). The van der Waals surface area contributed by atoms with Crippen LogP contribution in [0.5, 0.6) is 11.5 Å². The van der Waals surface area contributed by atoms with E-state index in [0.717, 1.165) is 11.1 Å². The molecule has 0 atom stereocenters. The third kappa shape index (κ3) is 3.60. The lowest BCUT2D eigenvalue weighted by Crippen LogP contribution is -2.19. The molecule has 0 spiro atoms. The number of benzene rings is 2. The molecule has 0 bridgehead atoms. The van der Waals surface area contributed by atoms with Crippen molar-refractivity contribution in [3.63, 3.8) is 0 Å². The van der Waals surface area contributed by atoms with Crippen molar-refractivity contribution in [1.82, 2.24) is 5.32 Å². The molecule has 2 heterocycles. The molecule has 6 nitrogen and oxygen atoms in total. The normalized spacial score (nSPS) is 18.9. The first kappa shape index (κ1) is 16.3. The van der Waals surface area contributed by atoms with Crippen LogP contribution in [0.2, 0.25) is 0 Å². The van der Waals surface area contributed by atoms with Gasteiger partial charge in [0, 0.05) is 0 Å². The van der Waals surface area contributed by atoms with Gasteiger partial charge in [-0.2, -0.15) is 5.10 Å². The minimum absolute atomic E-state index is 0.212. The number of ether oxygens (including phenoxy) is 2. The quantitative estimate of drug-likeness (QED) is 0.513. The highest BCUT2D eigenvalue weighted by Crippen LogP contribution is 2.32. The monoisotopic (exact) mass is 369 g/mol. The van der Waals surface area contributed by atoms with Crippen LogP contribution in [0, 0.1) is 5.82 Å². The average molecular weight is 369 g/mol. The van der Waals surface area contributed by atoms with Gasteiger partial charge in [0.1, 0.15) is 5.82 Å². The van der Waals surface area contributed by atoms with Crippen LogP contribution in [0.4, 0.5) is 4.39 Å². The molecule has 0 aliphatic carbocycles. The summed E-state index contributed by atoms with van der Waals surface area (Å²) in [6.07, 6.45) is 3.23. The fraction of sp³-hybridized carbons (Fsp3) is 0.0556. The summed E-state index contributed by atoms with van der Waals surface area (Å²) in [7, 11) is 0. The van der Waals surface area contributed by atoms with E-state index in [1.807, 2.05) is 6.07 Å². The number of carbonyl (C=O) groups excluding carboxylic acids is 1. The van der Waals surface area contributed by atoms with Gasteiger partial charge in [-0.05, 0) is 59.3 Å². The van der Waals surface area contributed by atoms with Gasteiger partial charge in [-0.3, -0.25) is 10.1 Å². The highest BCUT2D eigenvalue weighted by molar-refractivity contribution is 8.18. The zero-order valence-electron chi connectivity index (χ0n) is 13.3. The molecule has 2 aromatic rings. The molecule has 26 heavy (non-hydrogen) atoms. The van der Waals surface area contributed by atoms with E-state index in [9.17, 15) is 9.18 Å². The second-order valence-electron chi connectivity index (χ2n) is 5.38. The average Bonchev–Trinajstić information content (AvgIpc) is 3.23. The minimum Gasteiger partial charge on any atom is -0.454 e. The van der Waals surface area contributed by atoms with Crippen molar-refractivity contribution in [2.24, 2.45) is 10.2 Å². The third-order valence-corrected chi connectivity index (χ3v) is 4.47. The number of hydrogen-bond acceptors (Lipinski definition) is 6. The molecule has 1 saturated heterocycles. The first-order chi connectivity index (χ1) is 12.7. The van der Waals surface area contributed by atoms with E-state index in [-0.39, 0.29) is 18.5 Å². The molecule has 1 amide bonds. The predicted octanol–water partition coefficient (Wildman–Crippen LogP) is 3.15. The topological polar surface area (TPSA) is 72.3 Å². The maximum absolute atomic E-state index is 12.9. The van der Waals surface area contributed by atoms with Crippen molar-refractivity contribution >= 4 is 35.1 Å². The van der Waals surface area contributed by atoms with Crippen LogP contribution in [0.15, 0.2) is 57.6 Å². The fourth-order valence-electron chi connectivity index (χ4n) is 2.33. The van der Waals surface area contributed by atoms with Gasteiger partial charge in [0.25, 0.3) is 5.91 Å². The van der Waals surface area contributed by atoms with E-state index in [1.165, 1.54) is 23.9 Å². The van der Waals surface area contributed by atoms with Crippen molar-refractivity contribution in [2.75, 3.05) is 6.79 Å². The maximum Gasteiger partial charge on any atom is 0.264 e. The standard InChI is InChI=1S/C18H12FN3O3S/c19-13-4-1-11(2-5-13)8-16-17(23)21-18(26-16)22-20-9-12-3-6-14-15(7-12)25-10-24-14/h1-9H,10H2,(H,21,22,23)/b16-8+,20-9-. The summed E-state index contributed by atoms with van der Waals surface area (Å²) in [4.78, 5) is 12.4. The Morgan fingerprint density at radius 1 is 1.08 bits per heavy atom. The van der Waals surface area contributed by atoms with Crippen molar-refractivity contribution in [1.29, 1.82) is 0 Å². The van der Waals surface area contributed by atoms with Crippen LogP contribution < -0.4 is 14.8 Å². The molecule has 0 unspecified atom stereocenters. The minimum atomic E-state index is -0.323. The Morgan fingerprint density at radius 2 is 1.85 bits per heavy atom. The Hall–Kier alpha value is -3.13. The summed E-state index contributed by atoms with van der Waals surface area (Å²) in [6.45, 7) is 0.212. The first-order valence-electron chi connectivity index (χ1n) is 7.64. The Labute approximate surface area is 152 Å². The van der Waals surface area contributed by atoms with Gasteiger partial charge in [-0.1, -0.05) is 12.1 Å². The van der Waals surface area contributed by atoms with Crippen molar-refractivity contribution in [3.05, 3.63) is 64.3 Å². The molecule has 1 fully saturated rings. The Kier molecular flexibility index (Phi) is 4.40. The number of amidine groups is 1.